The van der Waals surface area contributed by atoms with Gasteiger partial charge in [-0.2, -0.15) is 0 Å². The molecule has 2 fully saturated rings. The highest BCUT2D eigenvalue weighted by atomic mass is 16.5. The molecule has 1 aliphatic carbocycles. The summed E-state index contributed by atoms with van der Waals surface area (Å²) in [6.07, 6.45) is 3.22. The second-order valence-electron chi connectivity index (χ2n) is 10.6. The van der Waals surface area contributed by atoms with Gasteiger partial charge in [-0.1, -0.05) is 53.7 Å². The van der Waals surface area contributed by atoms with Crippen LogP contribution < -0.4 is 0 Å². The van der Waals surface area contributed by atoms with Gasteiger partial charge >= 0.3 is 5.97 Å². The largest absolute Gasteiger partial charge is 0.452 e. The summed E-state index contributed by atoms with van der Waals surface area (Å²) in [5.41, 5.74) is 2.14. The summed E-state index contributed by atoms with van der Waals surface area (Å²) >= 11 is 0. The first-order valence-electron chi connectivity index (χ1n) is 9.96. The van der Waals surface area contributed by atoms with Crippen molar-refractivity contribution < 1.29 is 14.3 Å². The molecule has 27 heavy (non-hydrogen) atoms. The van der Waals surface area contributed by atoms with Crippen molar-refractivity contribution in [2.45, 2.75) is 72.3 Å². The lowest BCUT2D eigenvalue weighted by Gasteiger charge is -2.39. The van der Waals surface area contributed by atoms with E-state index < -0.39 is 5.97 Å². The van der Waals surface area contributed by atoms with Crippen LogP contribution in [-0.4, -0.2) is 36.0 Å². The summed E-state index contributed by atoms with van der Waals surface area (Å²) in [4.78, 5) is 27.0. The quantitative estimate of drug-likeness (QED) is 0.731. The molecule has 4 heteroatoms. The number of ether oxygens (including phenoxy) is 1. The first-order chi connectivity index (χ1) is 12.4. The van der Waals surface area contributed by atoms with Crippen LogP contribution >= 0.6 is 0 Å². The van der Waals surface area contributed by atoms with E-state index in [0.717, 1.165) is 31.4 Å². The minimum absolute atomic E-state index is 0.0376. The highest BCUT2D eigenvalue weighted by Crippen LogP contribution is 2.52. The second-order valence-corrected chi connectivity index (χ2v) is 10.6. The van der Waals surface area contributed by atoms with Crippen molar-refractivity contribution in [1.29, 1.82) is 0 Å². The topological polar surface area (TPSA) is 46.6 Å². The van der Waals surface area contributed by atoms with E-state index in [9.17, 15) is 9.59 Å². The lowest BCUT2D eigenvalue weighted by atomic mass is 9.65. The van der Waals surface area contributed by atoms with Crippen LogP contribution in [0.25, 0.3) is 0 Å². The molecule has 3 rings (SSSR count). The molecule has 0 radical (unpaired) electrons. The highest BCUT2D eigenvalue weighted by Gasteiger charge is 2.50. The van der Waals surface area contributed by atoms with E-state index in [4.69, 9.17) is 4.74 Å². The van der Waals surface area contributed by atoms with Gasteiger partial charge in [0.2, 0.25) is 0 Å². The Morgan fingerprint density at radius 1 is 1.11 bits per heavy atom. The molecule has 1 saturated carbocycles. The zero-order valence-electron chi connectivity index (χ0n) is 17.6. The Hall–Kier alpha value is -1.84. The fraction of sp³-hybridized carbons (Fsp3) is 0.652. The van der Waals surface area contributed by atoms with Crippen molar-refractivity contribution in [3.05, 3.63) is 35.4 Å². The van der Waals surface area contributed by atoms with Crippen molar-refractivity contribution in [3.8, 4) is 0 Å². The maximum absolute atomic E-state index is 12.7. The molecule has 0 spiro atoms. The number of rotatable bonds is 3. The molecular formula is C23H33NO3. The zero-order valence-corrected chi connectivity index (χ0v) is 17.6. The second kappa shape index (κ2) is 6.65. The molecule has 4 nitrogen and oxygen atoms in total. The summed E-state index contributed by atoms with van der Waals surface area (Å²) < 4.78 is 5.33. The van der Waals surface area contributed by atoms with Crippen molar-refractivity contribution >= 4 is 11.9 Å². The van der Waals surface area contributed by atoms with Crippen LogP contribution in [0.3, 0.4) is 0 Å². The van der Waals surface area contributed by atoms with Gasteiger partial charge in [0, 0.05) is 12.6 Å². The van der Waals surface area contributed by atoms with Crippen LogP contribution in [0.4, 0.5) is 0 Å². The fourth-order valence-corrected chi connectivity index (χ4v) is 5.15. The Morgan fingerprint density at radius 2 is 1.74 bits per heavy atom. The number of hydrogen-bond acceptors (Lipinski definition) is 3. The summed E-state index contributed by atoms with van der Waals surface area (Å²) in [5, 5.41) is 0. The average Bonchev–Trinajstić information content (AvgIpc) is 2.80. The van der Waals surface area contributed by atoms with Crippen molar-refractivity contribution in [3.63, 3.8) is 0 Å². The highest BCUT2D eigenvalue weighted by molar-refractivity contribution is 5.91. The Kier molecular flexibility index (Phi) is 4.90. The van der Waals surface area contributed by atoms with Crippen LogP contribution in [0.15, 0.2) is 24.3 Å². The lowest BCUT2D eigenvalue weighted by molar-refractivity contribution is -0.135. The predicted molar refractivity (Wildman–Crippen MR) is 107 cm³/mol. The molecule has 2 atom stereocenters. The van der Waals surface area contributed by atoms with Gasteiger partial charge in [0.1, 0.15) is 0 Å². The summed E-state index contributed by atoms with van der Waals surface area (Å²) in [7, 11) is 0. The number of amides is 1. The third-order valence-corrected chi connectivity index (χ3v) is 6.05. The van der Waals surface area contributed by atoms with E-state index in [2.05, 4.69) is 41.5 Å². The van der Waals surface area contributed by atoms with Gasteiger partial charge in [0.25, 0.3) is 5.91 Å². The molecular weight excluding hydrogens is 338 g/mol. The first-order valence-corrected chi connectivity index (χ1v) is 9.96. The number of carbonyl (C=O) groups is 2. The molecule has 0 N–H and O–H groups in total. The standard InChI is InChI=1S/C23H33NO3/c1-21(2,3)17-9-7-16(8-10-17)20(26)27-13-19(25)24-15-23(6)12-18(24)11-22(4,5)14-23/h7-10,18H,11-15H2,1-6H3. The number of esters is 1. The van der Waals surface area contributed by atoms with Gasteiger partial charge < -0.3 is 9.64 Å². The number of hydrogen-bond donors (Lipinski definition) is 0. The van der Waals surface area contributed by atoms with Crippen molar-refractivity contribution in [2.24, 2.45) is 10.8 Å². The molecule has 2 bridgehead atoms. The molecule has 1 saturated heterocycles. The molecule has 2 unspecified atom stereocenters. The van der Waals surface area contributed by atoms with Crippen LogP contribution in [0.1, 0.15) is 76.7 Å². The Labute approximate surface area is 163 Å². The van der Waals surface area contributed by atoms with Gasteiger partial charge in [-0.25, -0.2) is 4.79 Å². The first kappa shape index (κ1) is 19.9. The minimum Gasteiger partial charge on any atom is -0.452 e. The lowest BCUT2D eigenvalue weighted by Crippen LogP contribution is -2.39. The van der Waals surface area contributed by atoms with E-state index in [-0.39, 0.29) is 34.8 Å². The molecule has 1 aliphatic heterocycles. The van der Waals surface area contributed by atoms with Crippen LogP contribution in [0.2, 0.25) is 0 Å². The normalized spacial score (nSPS) is 26.7. The van der Waals surface area contributed by atoms with Gasteiger partial charge in [-0.15, -0.1) is 0 Å². The van der Waals surface area contributed by atoms with E-state index in [1.165, 1.54) is 0 Å². The summed E-state index contributed by atoms with van der Waals surface area (Å²) in [6, 6.07) is 7.73. The molecule has 148 valence electrons. The van der Waals surface area contributed by atoms with E-state index >= 15 is 0 Å². The average molecular weight is 372 g/mol. The third kappa shape index (κ3) is 4.36. The van der Waals surface area contributed by atoms with Crippen molar-refractivity contribution in [2.75, 3.05) is 13.2 Å². The maximum atomic E-state index is 12.7. The smallest absolute Gasteiger partial charge is 0.338 e. The molecule has 2 aliphatic rings. The third-order valence-electron chi connectivity index (χ3n) is 6.05. The van der Waals surface area contributed by atoms with Gasteiger partial charge in [-0.3, -0.25) is 4.79 Å². The molecule has 1 aromatic carbocycles. The minimum atomic E-state index is -0.433. The monoisotopic (exact) mass is 371 g/mol. The Balaban J connectivity index is 1.59. The Bertz CT molecular complexity index is 729. The SMILES string of the molecule is CC1(C)CC2CC(C)(CN2C(=O)COC(=O)c2ccc(C(C)(C)C)cc2)C1. The van der Waals surface area contributed by atoms with E-state index in [0.29, 0.717) is 5.56 Å². The number of fused-ring (bicyclic) bond motifs is 2. The summed E-state index contributed by atoms with van der Waals surface area (Å²) in [5.74, 6) is -0.501. The van der Waals surface area contributed by atoms with E-state index in [1.54, 1.807) is 12.1 Å². The number of likely N-dealkylation sites (tertiary alicyclic amines) is 1. The molecule has 1 heterocycles. The number of nitrogens with zero attached hydrogens (tertiary/aromatic N) is 1. The molecule has 0 aromatic heterocycles. The number of benzene rings is 1. The van der Waals surface area contributed by atoms with Gasteiger partial charge in [-0.05, 0) is 53.2 Å². The van der Waals surface area contributed by atoms with Crippen LogP contribution in [0.5, 0.6) is 0 Å². The molecule has 1 amide bonds. The Morgan fingerprint density at radius 3 is 2.33 bits per heavy atom. The van der Waals surface area contributed by atoms with Gasteiger partial charge in [0.15, 0.2) is 6.61 Å². The van der Waals surface area contributed by atoms with Crippen molar-refractivity contribution in [1.82, 2.24) is 4.90 Å². The molecule has 1 aromatic rings. The van der Waals surface area contributed by atoms with Crippen LogP contribution in [-0.2, 0) is 14.9 Å². The van der Waals surface area contributed by atoms with Gasteiger partial charge in [0.05, 0.1) is 5.56 Å². The number of carbonyl (C=O) groups excluding carboxylic acids is 2. The fourth-order valence-electron chi connectivity index (χ4n) is 5.15. The van der Waals surface area contributed by atoms with Crippen LogP contribution in [0, 0.1) is 10.8 Å². The zero-order chi connectivity index (χ0) is 20.0. The maximum Gasteiger partial charge on any atom is 0.338 e. The summed E-state index contributed by atoms with van der Waals surface area (Å²) in [6.45, 7) is 13.8. The van der Waals surface area contributed by atoms with E-state index in [1.807, 2.05) is 17.0 Å². The predicted octanol–water partition coefficient (Wildman–Crippen LogP) is 4.57.